The highest BCUT2D eigenvalue weighted by Gasteiger charge is 2.30. The standard InChI is InChI=1S/C27H30N8OS/c1-3-24(36)34-11-10-21(18-34)35-25-22(30-26(35)23-5-4-16-37-23)17-28-27(31-25)29-19-6-8-20(9-7-19)33-14-12-32(2)13-15-33/h3-9,16-17,21H,1,10-15,18H2,2H3,(H,28,29,31)/t21-/m0/s1. The largest absolute Gasteiger partial charge is 0.369 e. The first-order chi connectivity index (χ1) is 18.1. The van der Waals surface area contributed by atoms with Gasteiger partial charge in [-0.3, -0.25) is 4.79 Å². The number of aromatic nitrogens is 4. The fraction of sp³-hybridized carbons (Fsp3) is 0.333. The van der Waals surface area contributed by atoms with E-state index in [0.29, 0.717) is 19.0 Å². The lowest BCUT2D eigenvalue weighted by Gasteiger charge is -2.34. The molecule has 0 radical (unpaired) electrons. The topological polar surface area (TPSA) is 82.4 Å². The minimum Gasteiger partial charge on any atom is -0.369 e. The zero-order valence-corrected chi connectivity index (χ0v) is 21.7. The Balaban J connectivity index is 1.29. The van der Waals surface area contributed by atoms with Gasteiger partial charge in [0.15, 0.2) is 11.5 Å². The fourth-order valence-corrected chi connectivity index (χ4v) is 5.82. The lowest BCUT2D eigenvalue weighted by molar-refractivity contribution is -0.125. The van der Waals surface area contributed by atoms with Crippen LogP contribution >= 0.6 is 11.3 Å². The number of hydrogen-bond donors (Lipinski definition) is 1. The Kier molecular flexibility index (Phi) is 6.35. The van der Waals surface area contributed by atoms with Crippen LogP contribution in [-0.4, -0.2) is 81.5 Å². The van der Waals surface area contributed by atoms with Gasteiger partial charge in [0.1, 0.15) is 5.52 Å². The van der Waals surface area contributed by atoms with Crippen LogP contribution in [0.5, 0.6) is 0 Å². The van der Waals surface area contributed by atoms with Gasteiger partial charge >= 0.3 is 0 Å². The van der Waals surface area contributed by atoms with Gasteiger partial charge < -0.3 is 24.6 Å². The van der Waals surface area contributed by atoms with Crippen LogP contribution < -0.4 is 10.2 Å². The molecule has 9 nitrogen and oxygen atoms in total. The van der Waals surface area contributed by atoms with Gasteiger partial charge in [-0.25, -0.2) is 9.97 Å². The highest BCUT2D eigenvalue weighted by Crippen LogP contribution is 2.34. The number of likely N-dealkylation sites (N-methyl/N-ethyl adjacent to an activating group) is 1. The van der Waals surface area contributed by atoms with E-state index in [1.54, 1.807) is 17.5 Å². The number of anilines is 3. The van der Waals surface area contributed by atoms with Gasteiger partial charge in [-0.2, -0.15) is 4.98 Å². The molecule has 1 atom stereocenters. The Morgan fingerprint density at radius 1 is 1.11 bits per heavy atom. The number of imidazole rings is 1. The molecule has 0 saturated carbocycles. The predicted molar refractivity (Wildman–Crippen MR) is 149 cm³/mol. The van der Waals surface area contributed by atoms with Crippen molar-refractivity contribution in [1.29, 1.82) is 0 Å². The van der Waals surface area contributed by atoms with Crippen LogP contribution in [0.15, 0.2) is 60.6 Å². The maximum Gasteiger partial charge on any atom is 0.246 e. The van der Waals surface area contributed by atoms with Crippen LogP contribution in [0.4, 0.5) is 17.3 Å². The molecule has 1 amide bonds. The molecule has 37 heavy (non-hydrogen) atoms. The lowest BCUT2D eigenvalue weighted by atomic mass is 10.2. The van der Waals surface area contributed by atoms with Crippen molar-refractivity contribution in [2.24, 2.45) is 0 Å². The summed E-state index contributed by atoms with van der Waals surface area (Å²) in [7, 11) is 2.17. The second kappa shape index (κ2) is 9.95. The fourth-order valence-electron chi connectivity index (χ4n) is 5.11. The van der Waals surface area contributed by atoms with E-state index in [1.807, 2.05) is 16.3 Å². The molecule has 5 heterocycles. The number of fused-ring (bicyclic) bond motifs is 1. The summed E-state index contributed by atoms with van der Waals surface area (Å²) in [6.45, 7) is 9.18. The van der Waals surface area contributed by atoms with Crippen molar-refractivity contribution >= 4 is 45.7 Å². The number of thiophene rings is 1. The Morgan fingerprint density at radius 3 is 2.65 bits per heavy atom. The van der Waals surface area contributed by atoms with Crippen molar-refractivity contribution in [2.45, 2.75) is 12.5 Å². The summed E-state index contributed by atoms with van der Waals surface area (Å²) in [6.07, 6.45) is 4.00. The molecule has 3 aromatic heterocycles. The van der Waals surface area contributed by atoms with Gasteiger partial charge in [0.2, 0.25) is 11.9 Å². The summed E-state index contributed by atoms with van der Waals surface area (Å²) < 4.78 is 2.18. The Bertz CT molecular complexity index is 1410. The lowest BCUT2D eigenvalue weighted by Crippen LogP contribution is -2.44. The maximum atomic E-state index is 12.2. The first-order valence-electron chi connectivity index (χ1n) is 12.6. The molecular weight excluding hydrogens is 484 g/mol. The van der Waals surface area contributed by atoms with E-state index < -0.39 is 0 Å². The normalized spacial score (nSPS) is 18.5. The van der Waals surface area contributed by atoms with E-state index in [4.69, 9.17) is 9.97 Å². The van der Waals surface area contributed by atoms with Crippen molar-refractivity contribution in [3.05, 3.63) is 60.6 Å². The minimum atomic E-state index is -0.0402. The number of rotatable bonds is 6. The van der Waals surface area contributed by atoms with Crippen molar-refractivity contribution in [3.8, 4) is 10.7 Å². The predicted octanol–water partition coefficient (Wildman–Crippen LogP) is 4.01. The number of nitrogens with zero attached hydrogens (tertiary/aromatic N) is 7. The molecule has 1 aromatic carbocycles. The van der Waals surface area contributed by atoms with Crippen molar-refractivity contribution in [2.75, 3.05) is 56.5 Å². The first-order valence-corrected chi connectivity index (χ1v) is 13.5. The number of piperazine rings is 1. The molecule has 2 fully saturated rings. The molecule has 0 bridgehead atoms. The van der Waals surface area contributed by atoms with E-state index in [-0.39, 0.29) is 11.9 Å². The molecular formula is C27H30N8OS. The maximum absolute atomic E-state index is 12.2. The molecule has 6 rings (SSSR count). The molecule has 10 heteroatoms. The second-order valence-corrected chi connectivity index (χ2v) is 10.5. The van der Waals surface area contributed by atoms with Gasteiger partial charge in [0.25, 0.3) is 0 Å². The highest BCUT2D eigenvalue weighted by atomic mass is 32.1. The zero-order chi connectivity index (χ0) is 25.4. The molecule has 0 aliphatic carbocycles. The summed E-state index contributed by atoms with van der Waals surface area (Å²) in [5.41, 5.74) is 3.68. The SMILES string of the molecule is C=CC(=O)N1CC[C@H](n2c(-c3cccs3)nc3cnc(Nc4ccc(N5CCN(C)CC5)cc4)nc32)C1. The monoisotopic (exact) mass is 514 g/mol. The van der Waals surface area contributed by atoms with Gasteiger partial charge in [0, 0.05) is 50.6 Å². The Labute approximate surface area is 220 Å². The van der Waals surface area contributed by atoms with E-state index in [1.165, 1.54) is 11.8 Å². The van der Waals surface area contributed by atoms with Crippen molar-refractivity contribution in [1.82, 2.24) is 29.3 Å². The van der Waals surface area contributed by atoms with E-state index in [0.717, 1.165) is 60.2 Å². The Morgan fingerprint density at radius 2 is 1.92 bits per heavy atom. The number of benzene rings is 1. The van der Waals surface area contributed by atoms with Crippen molar-refractivity contribution < 1.29 is 4.79 Å². The second-order valence-electron chi connectivity index (χ2n) is 9.58. The number of carbonyl (C=O) groups excluding carboxylic acids is 1. The molecule has 0 unspecified atom stereocenters. The third-order valence-corrected chi connectivity index (χ3v) is 8.05. The molecule has 4 aromatic rings. The average Bonchev–Trinajstić information content (AvgIpc) is 3.68. The summed E-state index contributed by atoms with van der Waals surface area (Å²) in [5, 5.41) is 5.41. The van der Waals surface area contributed by atoms with Gasteiger partial charge in [-0.1, -0.05) is 12.6 Å². The van der Waals surface area contributed by atoms with Crippen LogP contribution in [0.1, 0.15) is 12.5 Å². The number of likely N-dealkylation sites (tertiary alicyclic amines) is 1. The minimum absolute atomic E-state index is 0.0402. The average molecular weight is 515 g/mol. The van der Waals surface area contributed by atoms with E-state index in [2.05, 4.69) is 68.6 Å². The molecule has 2 aliphatic rings. The third kappa shape index (κ3) is 4.70. The number of amides is 1. The van der Waals surface area contributed by atoms with Crippen LogP contribution in [0.2, 0.25) is 0 Å². The molecule has 2 saturated heterocycles. The zero-order valence-electron chi connectivity index (χ0n) is 20.9. The number of carbonyl (C=O) groups is 1. The van der Waals surface area contributed by atoms with Gasteiger partial charge in [-0.05, 0) is 55.3 Å². The van der Waals surface area contributed by atoms with Crippen LogP contribution in [0, 0.1) is 0 Å². The quantitative estimate of drug-likeness (QED) is 0.389. The molecule has 1 N–H and O–H groups in total. The Hall–Kier alpha value is -3.76. The first kappa shape index (κ1) is 23.6. The number of nitrogens with one attached hydrogen (secondary N) is 1. The van der Waals surface area contributed by atoms with Gasteiger partial charge in [-0.15, -0.1) is 11.3 Å². The summed E-state index contributed by atoms with van der Waals surface area (Å²) >= 11 is 1.65. The summed E-state index contributed by atoms with van der Waals surface area (Å²) in [4.78, 5) is 34.3. The number of hydrogen-bond acceptors (Lipinski definition) is 8. The van der Waals surface area contributed by atoms with Crippen LogP contribution in [0.25, 0.3) is 21.9 Å². The third-order valence-electron chi connectivity index (χ3n) is 7.18. The summed E-state index contributed by atoms with van der Waals surface area (Å²) in [5.74, 6) is 1.35. The summed E-state index contributed by atoms with van der Waals surface area (Å²) in [6, 6.07) is 12.6. The molecule has 0 spiro atoms. The van der Waals surface area contributed by atoms with E-state index in [9.17, 15) is 4.79 Å². The highest BCUT2D eigenvalue weighted by molar-refractivity contribution is 7.13. The smallest absolute Gasteiger partial charge is 0.246 e. The van der Waals surface area contributed by atoms with Crippen LogP contribution in [-0.2, 0) is 4.79 Å². The van der Waals surface area contributed by atoms with Gasteiger partial charge in [0.05, 0.1) is 17.1 Å². The van der Waals surface area contributed by atoms with E-state index >= 15 is 0 Å². The van der Waals surface area contributed by atoms with Crippen LogP contribution in [0.3, 0.4) is 0 Å². The molecule has 2 aliphatic heterocycles. The van der Waals surface area contributed by atoms with Crippen molar-refractivity contribution in [3.63, 3.8) is 0 Å². The molecule has 190 valence electrons.